The summed E-state index contributed by atoms with van der Waals surface area (Å²) in [6.07, 6.45) is 0.311. The fourth-order valence-corrected chi connectivity index (χ4v) is 3.14. The molecule has 1 saturated heterocycles. The maximum atomic E-state index is 12.3. The third-order valence-electron chi connectivity index (χ3n) is 3.97. The van der Waals surface area contributed by atoms with Gasteiger partial charge in [-0.25, -0.2) is 0 Å². The number of carbonyl (C=O) groups excluding carboxylic acids is 1. The molecule has 7 heteroatoms. The highest BCUT2D eigenvalue weighted by atomic mass is 35.5. The second-order valence-corrected chi connectivity index (χ2v) is 6.47. The van der Waals surface area contributed by atoms with Crippen molar-refractivity contribution >= 4 is 29.1 Å². The van der Waals surface area contributed by atoms with E-state index >= 15 is 0 Å². The summed E-state index contributed by atoms with van der Waals surface area (Å²) >= 11 is 11.9. The molecule has 1 aliphatic heterocycles. The Hall–Kier alpha value is -1.01. The SMILES string of the molecule is CC1CN(C(=O)CCOc2ccc(Cl)cc2Cl)CCN1CCO. The molecule has 1 unspecified atom stereocenters. The highest BCUT2D eigenvalue weighted by Crippen LogP contribution is 2.27. The van der Waals surface area contributed by atoms with Gasteiger partial charge in [0.2, 0.25) is 5.91 Å². The summed E-state index contributed by atoms with van der Waals surface area (Å²) in [5, 5.41) is 10.0. The highest BCUT2D eigenvalue weighted by molar-refractivity contribution is 6.35. The number of carbonyl (C=O) groups is 1. The van der Waals surface area contributed by atoms with Gasteiger partial charge < -0.3 is 14.7 Å². The number of nitrogens with zero attached hydrogens (tertiary/aromatic N) is 2. The van der Waals surface area contributed by atoms with Gasteiger partial charge in [-0.2, -0.15) is 0 Å². The lowest BCUT2D eigenvalue weighted by molar-refractivity contribution is -0.134. The van der Waals surface area contributed by atoms with Crippen LogP contribution in [0, 0.1) is 0 Å². The summed E-state index contributed by atoms with van der Waals surface area (Å²) in [7, 11) is 0. The topological polar surface area (TPSA) is 53.0 Å². The number of amides is 1. The average molecular weight is 361 g/mol. The van der Waals surface area contributed by atoms with Crippen molar-refractivity contribution in [3.8, 4) is 5.75 Å². The standard InChI is InChI=1S/C16H22Cl2N2O3/c1-12-11-20(6-5-19(12)7-8-21)16(22)4-9-23-15-3-2-13(17)10-14(15)18/h2-3,10,12,21H,4-9,11H2,1H3. The predicted molar refractivity (Wildman–Crippen MR) is 91.3 cm³/mol. The molecule has 1 aromatic rings. The van der Waals surface area contributed by atoms with E-state index in [1.807, 2.05) is 4.90 Å². The number of halogens is 2. The number of aliphatic hydroxyl groups excluding tert-OH is 1. The minimum Gasteiger partial charge on any atom is -0.491 e. The third kappa shape index (κ3) is 5.24. The molecule has 1 aliphatic rings. The number of ether oxygens (including phenoxy) is 1. The Bertz CT molecular complexity index is 542. The first-order chi connectivity index (χ1) is 11.0. The maximum absolute atomic E-state index is 12.3. The lowest BCUT2D eigenvalue weighted by Crippen LogP contribution is -2.54. The van der Waals surface area contributed by atoms with Crippen LogP contribution in [-0.2, 0) is 4.79 Å². The molecule has 0 aliphatic carbocycles. The Kier molecular flexibility index (Phi) is 6.96. The zero-order chi connectivity index (χ0) is 16.8. The molecule has 128 valence electrons. The molecule has 5 nitrogen and oxygen atoms in total. The van der Waals surface area contributed by atoms with E-state index in [1.54, 1.807) is 18.2 Å². The van der Waals surface area contributed by atoms with E-state index in [1.165, 1.54) is 0 Å². The summed E-state index contributed by atoms with van der Waals surface area (Å²) in [4.78, 5) is 16.3. The van der Waals surface area contributed by atoms with Gasteiger partial charge in [0.05, 0.1) is 24.7 Å². The third-order valence-corrected chi connectivity index (χ3v) is 4.50. The number of β-amino-alcohol motifs (C(OH)–C–C–N with tert-alkyl or cyclic N) is 1. The Morgan fingerprint density at radius 2 is 2.17 bits per heavy atom. The van der Waals surface area contributed by atoms with Crippen molar-refractivity contribution in [3.05, 3.63) is 28.2 Å². The first-order valence-corrected chi connectivity index (χ1v) is 8.47. The van der Waals surface area contributed by atoms with Crippen molar-refractivity contribution in [2.45, 2.75) is 19.4 Å². The zero-order valence-electron chi connectivity index (χ0n) is 13.2. The van der Waals surface area contributed by atoms with Crippen LogP contribution in [0.3, 0.4) is 0 Å². The number of rotatable bonds is 6. The first-order valence-electron chi connectivity index (χ1n) is 7.72. The van der Waals surface area contributed by atoms with Crippen LogP contribution in [0.15, 0.2) is 18.2 Å². The number of benzene rings is 1. The van der Waals surface area contributed by atoms with Gasteiger partial charge in [0.25, 0.3) is 0 Å². The van der Waals surface area contributed by atoms with Gasteiger partial charge in [0.15, 0.2) is 0 Å². The van der Waals surface area contributed by atoms with Crippen LogP contribution < -0.4 is 4.74 Å². The minimum absolute atomic E-state index is 0.0746. The van der Waals surface area contributed by atoms with Crippen molar-refractivity contribution < 1.29 is 14.6 Å². The largest absolute Gasteiger partial charge is 0.491 e. The van der Waals surface area contributed by atoms with E-state index in [0.29, 0.717) is 41.8 Å². The van der Waals surface area contributed by atoms with E-state index < -0.39 is 0 Å². The van der Waals surface area contributed by atoms with E-state index in [-0.39, 0.29) is 25.2 Å². The molecule has 2 rings (SSSR count). The van der Waals surface area contributed by atoms with Gasteiger partial charge in [0, 0.05) is 37.2 Å². The van der Waals surface area contributed by atoms with Gasteiger partial charge in [-0.1, -0.05) is 23.2 Å². The van der Waals surface area contributed by atoms with Gasteiger partial charge in [-0.15, -0.1) is 0 Å². The zero-order valence-corrected chi connectivity index (χ0v) is 14.7. The fourth-order valence-electron chi connectivity index (χ4n) is 2.68. The molecule has 0 spiro atoms. The van der Waals surface area contributed by atoms with Gasteiger partial charge in [-0.3, -0.25) is 9.69 Å². The summed E-state index contributed by atoms with van der Waals surface area (Å²) in [6.45, 7) is 5.31. The number of aliphatic hydroxyl groups is 1. The molecule has 0 saturated carbocycles. The number of hydrogen-bond donors (Lipinski definition) is 1. The van der Waals surface area contributed by atoms with Crippen molar-refractivity contribution in [1.29, 1.82) is 0 Å². The van der Waals surface area contributed by atoms with Crippen LogP contribution in [0.5, 0.6) is 5.75 Å². The normalized spacial score (nSPS) is 19.0. The summed E-state index contributed by atoms with van der Waals surface area (Å²) in [5.74, 6) is 0.607. The summed E-state index contributed by atoms with van der Waals surface area (Å²) in [5.41, 5.74) is 0. The molecule has 23 heavy (non-hydrogen) atoms. The number of piperazine rings is 1. The van der Waals surface area contributed by atoms with Gasteiger partial charge in [-0.05, 0) is 25.1 Å². The van der Waals surface area contributed by atoms with E-state index in [4.69, 9.17) is 33.0 Å². The molecule has 1 N–H and O–H groups in total. The first kappa shape index (κ1) is 18.3. The molecular formula is C16H22Cl2N2O3. The Morgan fingerprint density at radius 1 is 1.39 bits per heavy atom. The Morgan fingerprint density at radius 3 is 2.83 bits per heavy atom. The molecule has 0 aromatic heterocycles. The Balaban J connectivity index is 1.77. The number of hydrogen-bond acceptors (Lipinski definition) is 4. The molecule has 1 aromatic carbocycles. The molecule has 1 fully saturated rings. The smallest absolute Gasteiger partial charge is 0.226 e. The molecule has 0 bridgehead atoms. The van der Waals surface area contributed by atoms with Crippen LogP contribution in [-0.4, -0.2) is 66.2 Å². The lowest BCUT2D eigenvalue weighted by atomic mass is 10.2. The minimum atomic E-state index is 0.0746. The molecule has 1 atom stereocenters. The second-order valence-electron chi connectivity index (χ2n) is 5.62. The van der Waals surface area contributed by atoms with Crippen LogP contribution in [0.2, 0.25) is 10.0 Å². The monoisotopic (exact) mass is 360 g/mol. The lowest BCUT2D eigenvalue weighted by Gasteiger charge is -2.39. The van der Waals surface area contributed by atoms with Crippen LogP contribution in [0.1, 0.15) is 13.3 Å². The van der Waals surface area contributed by atoms with Crippen LogP contribution in [0.4, 0.5) is 0 Å². The van der Waals surface area contributed by atoms with E-state index in [0.717, 1.165) is 6.54 Å². The molecule has 1 amide bonds. The maximum Gasteiger partial charge on any atom is 0.226 e. The molecule has 1 heterocycles. The second kappa shape index (κ2) is 8.73. The van der Waals surface area contributed by atoms with Crippen LogP contribution in [0.25, 0.3) is 0 Å². The molecule has 0 radical (unpaired) electrons. The van der Waals surface area contributed by atoms with Crippen molar-refractivity contribution in [2.24, 2.45) is 0 Å². The average Bonchev–Trinajstić information content (AvgIpc) is 2.51. The van der Waals surface area contributed by atoms with E-state index in [9.17, 15) is 4.79 Å². The predicted octanol–water partition coefficient (Wildman–Crippen LogP) is 2.29. The summed E-state index contributed by atoms with van der Waals surface area (Å²) < 4.78 is 5.56. The Labute approximate surface area is 146 Å². The summed E-state index contributed by atoms with van der Waals surface area (Å²) in [6, 6.07) is 5.27. The van der Waals surface area contributed by atoms with Crippen molar-refractivity contribution in [2.75, 3.05) is 39.4 Å². The molecular weight excluding hydrogens is 339 g/mol. The quantitative estimate of drug-likeness (QED) is 0.845. The van der Waals surface area contributed by atoms with Gasteiger partial charge >= 0.3 is 0 Å². The highest BCUT2D eigenvalue weighted by Gasteiger charge is 2.25. The fraction of sp³-hybridized carbons (Fsp3) is 0.562. The van der Waals surface area contributed by atoms with Crippen molar-refractivity contribution in [3.63, 3.8) is 0 Å². The van der Waals surface area contributed by atoms with Crippen molar-refractivity contribution in [1.82, 2.24) is 9.80 Å². The van der Waals surface area contributed by atoms with Gasteiger partial charge in [0.1, 0.15) is 5.75 Å². The van der Waals surface area contributed by atoms with E-state index in [2.05, 4.69) is 11.8 Å². The van der Waals surface area contributed by atoms with Crippen LogP contribution >= 0.6 is 23.2 Å².